The average molecular weight is 185 g/mol. The minimum absolute atomic E-state index is 0.116. The van der Waals surface area contributed by atoms with Gasteiger partial charge in [-0.3, -0.25) is 0 Å². The highest BCUT2D eigenvalue weighted by Crippen LogP contribution is 2.21. The zero-order valence-electron chi connectivity index (χ0n) is 7.23. The molecule has 4 N–H and O–H groups in total. The fraction of sp³-hybridized carbons (Fsp3) is 0. The van der Waals surface area contributed by atoms with Gasteiger partial charge in [0.05, 0.1) is 22.5 Å². The Morgan fingerprint density at radius 1 is 1.21 bits per heavy atom. The van der Waals surface area contributed by atoms with Crippen molar-refractivity contribution in [1.82, 2.24) is 9.97 Å². The number of aromatic nitrogens is 2. The minimum Gasteiger partial charge on any atom is -0.383 e. The van der Waals surface area contributed by atoms with Gasteiger partial charge in [-0.1, -0.05) is 6.07 Å². The van der Waals surface area contributed by atoms with Gasteiger partial charge >= 0.3 is 0 Å². The molecule has 2 aromatic rings. The predicted molar refractivity (Wildman–Crippen MR) is 53.1 cm³/mol. The van der Waals surface area contributed by atoms with E-state index in [9.17, 15) is 0 Å². The van der Waals surface area contributed by atoms with Crippen molar-refractivity contribution < 1.29 is 0 Å². The summed E-state index contributed by atoms with van der Waals surface area (Å²) in [5, 5.41) is 9.40. The Morgan fingerprint density at radius 3 is 2.71 bits per heavy atom. The summed E-state index contributed by atoms with van der Waals surface area (Å²) < 4.78 is 0. The molecule has 14 heavy (non-hydrogen) atoms. The molecule has 0 bridgehead atoms. The van der Waals surface area contributed by atoms with Gasteiger partial charge in [0, 0.05) is 0 Å². The van der Waals surface area contributed by atoms with Crippen molar-refractivity contribution in [2.45, 2.75) is 0 Å². The van der Waals surface area contributed by atoms with E-state index in [-0.39, 0.29) is 11.8 Å². The highest BCUT2D eigenvalue weighted by atomic mass is 15.0. The largest absolute Gasteiger partial charge is 0.383 e. The second-order valence-corrected chi connectivity index (χ2v) is 2.78. The summed E-state index contributed by atoms with van der Waals surface area (Å²) in [6, 6.07) is 7.16. The van der Waals surface area contributed by atoms with Crippen LogP contribution in [0.4, 0.5) is 11.8 Å². The summed E-state index contributed by atoms with van der Waals surface area (Å²) >= 11 is 0. The molecule has 0 aliphatic carbocycles. The molecular weight excluding hydrogens is 178 g/mol. The van der Waals surface area contributed by atoms with Crippen LogP contribution in [-0.2, 0) is 0 Å². The molecule has 5 nitrogen and oxygen atoms in total. The number of benzene rings is 1. The molecule has 0 radical (unpaired) electrons. The van der Waals surface area contributed by atoms with E-state index in [4.69, 9.17) is 16.7 Å². The molecule has 0 saturated heterocycles. The first-order chi connectivity index (χ1) is 6.72. The molecule has 0 saturated carbocycles. The molecule has 1 heterocycles. The van der Waals surface area contributed by atoms with Crippen LogP contribution in [0.1, 0.15) is 5.56 Å². The summed E-state index contributed by atoms with van der Waals surface area (Å²) in [5.74, 6) is 0.356. The van der Waals surface area contributed by atoms with Gasteiger partial charge in [-0.05, 0) is 12.1 Å². The fourth-order valence-corrected chi connectivity index (χ4v) is 1.32. The summed E-state index contributed by atoms with van der Waals surface area (Å²) in [4.78, 5) is 7.78. The Hall–Kier alpha value is -2.35. The van der Waals surface area contributed by atoms with Crippen molar-refractivity contribution in [3.05, 3.63) is 23.8 Å². The Kier molecular flexibility index (Phi) is 1.68. The molecule has 68 valence electrons. The third-order valence-electron chi connectivity index (χ3n) is 1.89. The summed E-state index contributed by atoms with van der Waals surface area (Å²) in [6.45, 7) is 0. The van der Waals surface area contributed by atoms with Gasteiger partial charge in [0.25, 0.3) is 0 Å². The second-order valence-electron chi connectivity index (χ2n) is 2.78. The van der Waals surface area contributed by atoms with E-state index in [2.05, 4.69) is 9.97 Å². The van der Waals surface area contributed by atoms with E-state index in [1.165, 1.54) is 0 Å². The number of rotatable bonds is 0. The first-order valence-corrected chi connectivity index (χ1v) is 3.94. The van der Waals surface area contributed by atoms with Crippen LogP contribution in [0.5, 0.6) is 0 Å². The lowest BCUT2D eigenvalue weighted by Crippen LogP contribution is -2.01. The fourth-order valence-electron chi connectivity index (χ4n) is 1.32. The maximum Gasteiger partial charge on any atom is 0.222 e. The standard InChI is InChI=1S/C9H7N5/c10-4-5-2-1-3-6-7(5)8(11)14-9(12)13-6/h1-3H,(H4,11,12,13,14). The van der Waals surface area contributed by atoms with E-state index >= 15 is 0 Å². The Morgan fingerprint density at radius 2 is 2.00 bits per heavy atom. The van der Waals surface area contributed by atoms with Crippen LogP contribution in [0.3, 0.4) is 0 Å². The zero-order chi connectivity index (χ0) is 10.1. The summed E-state index contributed by atoms with van der Waals surface area (Å²) in [7, 11) is 0. The summed E-state index contributed by atoms with van der Waals surface area (Å²) in [5.41, 5.74) is 12.1. The van der Waals surface area contributed by atoms with Gasteiger partial charge < -0.3 is 11.5 Å². The molecule has 0 aliphatic heterocycles. The first kappa shape index (κ1) is 8.26. The lowest BCUT2D eigenvalue weighted by atomic mass is 10.1. The van der Waals surface area contributed by atoms with Crippen molar-refractivity contribution >= 4 is 22.7 Å². The maximum absolute atomic E-state index is 8.84. The van der Waals surface area contributed by atoms with Gasteiger partial charge in [0.1, 0.15) is 5.82 Å². The molecule has 0 amide bonds. The number of nitrogen functional groups attached to an aromatic ring is 2. The maximum atomic E-state index is 8.84. The van der Waals surface area contributed by atoms with Crippen molar-refractivity contribution in [3.63, 3.8) is 0 Å². The van der Waals surface area contributed by atoms with E-state index in [1.54, 1.807) is 18.2 Å². The topological polar surface area (TPSA) is 102 Å². The number of fused-ring (bicyclic) bond motifs is 1. The Labute approximate surface area is 80.0 Å². The Balaban J connectivity index is 2.96. The second kappa shape index (κ2) is 2.85. The number of nitriles is 1. The third-order valence-corrected chi connectivity index (χ3v) is 1.89. The summed E-state index contributed by atoms with van der Waals surface area (Å²) in [6.07, 6.45) is 0. The molecule has 5 heteroatoms. The number of nitrogens with zero attached hydrogens (tertiary/aromatic N) is 3. The van der Waals surface area contributed by atoms with E-state index < -0.39 is 0 Å². The third kappa shape index (κ3) is 1.10. The van der Waals surface area contributed by atoms with Crippen LogP contribution < -0.4 is 11.5 Å². The molecule has 1 aromatic heterocycles. The molecular formula is C9H7N5. The van der Waals surface area contributed by atoms with Crippen molar-refractivity contribution in [2.24, 2.45) is 0 Å². The molecule has 0 atom stereocenters. The normalized spacial score (nSPS) is 9.93. The van der Waals surface area contributed by atoms with E-state index in [0.29, 0.717) is 16.5 Å². The van der Waals surface area contributed by atoms with E-state index in [1.807, 2.05) is 6.07 Å². The average Bonchev–Trinajstić information content (AvgIpc) is 2.16. The van der Waals surface area contributed by atoms with Gasteiger partial charge in [0.15, 0.2) is 0 Å². The SMILES string of the molecule is N#Cc1cccc2nc(N)nc(N)c12. The number of anilines is 2. The first-order valence-electron chi connectivity index (χ1n) is 3.94. The highest BCUT2D eigenvalue weighted by molar-refractivity contribution is 5.93. The van der Waals surface area contributed by atoms with Crippen LogP contribution in [0.25, 0.3) is 10.9 Å². The van der Waals surface area contributed by atoms with E-state index in [0.717, 1.165) is 0 Å². The van der Waals surface area contributed by atoms with Crippen LogP contribution in [0, 0.1) is 11.3 Å². The smallest absolute Gasteiger partial charge is 0.222 e. The van der Waals surface area contributed by atoms with Crippen LogP contribution >= 0.6 is 0 Å². The van der Waals surface area contributed by atoms with Gasteiger partial charge in [0.2, 0.25) is 5.95 Å². The number of hydrogen-bond acceptors (Lipinski definition) is 5. The van der Waals surface area contributed by atoms with Gasteiger partial charge in [-0.15, -0.1) is 0 Å². The molecule has 0 aliphatic rings. The van der Waals surface area contributed by atoms with Crippen LogP contribution in [0.15, 0.2) is 18.2 Å². The minimum atomic E-state index is 0.116. The molecule has 0 fully saturated rings. The molecule has 0 spiro atoms. The van der Waals surface area contributed by atoms with Crippen LogP contribution in [0.2, 0.25) is 0 Å². The highest BCUT2D eigenvalue weighted by Gasteiger charge is 2.06. The molecule has 0 unspecified atom stereocenters. The zero-order valence-corrected chi connectivity index (χ0v) is 7.23. The lowest BCUT2D eigenvalue weighted by molar-refractivity contribution is 1.24. The molecule has 2 rings (SSSR count). The quantitative estimate of drug-likeness (QED) is 0.627. The molecule has 1 aromatic carbocycles. The number of hydrogen-bond donors (Lipinski definition) is 2. The number of nitrogens with two attached hydrogens (primary N) is 2. The Bertz CT molecular complexity index is 541. The predicted octanol–water partition coefficient (Wildman–Crippen LogP) is 0.666. The van der Waals surface area contributed by atoms with Crippen molar-refractivity contribution in [3.8, 4) is 6.07 Å². The van der Waals surface area contributed by atoms with Crippen molar-refractivity contribution in [2.75, 3.05) is 11.5 Å². The van der Waals surface area contributed by atoms with Gasteiger partial charge in [-0.2, -0.15) is 10.2 Å². The monoisotopic (exact) mass is 185 g/mol. The van der Waals surface area contributed by atoms with Gasteiger partial charge in [-0.25, -0.2) is 4.98 Å². The lowest BCUT2D eigenvalue weighted by Gasteiger charge is -2.02. The van der Waals surface area contributed by atoms with Crippen molar-refractivity contribution in [1.29, 1.82) is 5.26 Å². The van der Waals surface area contributed by atoms with Crippen LogP contribution in [-0.4, -0.2) is 9.97 Å².